The Balaban J connectivity index is 1.68. The Labute approximate surface area is 121 Å². The lowest BCUT2D eigenvalue weighted by Crippen LogP contribution is -2.32. The first-order valence-corrected chi connectivity index (χ1v) is 7.36. The van der Waals surface area contributed by atoms with E-state index in [1.807, 2.05) is 25.1 Å². The topological polar surface area (TPSA) is 57.1 Å². The quantitative estimate of drug-likeness (QED) is 0.782. The molecule has 0 atom stereocenters. The van der Waals surface area contributed by atoms with Crippen LogP contribution in [0.3, 0.4) is 0 Å². The van der Waals surface area contributed by atoms with Gasteiger partial charge in [0.05, 0.1) is 17.4 Å². The van der Waals surface area contributed by atoms with Gasteiger partial charge in [-0.15, -0.1) is 0 Å². The first kappa shape index (κ1) is 14.8. The third kappa shape index (κ3) is 4.52. The summed E-state index contributed by atoms with van der Waals surface area (Å²) in [5.41, 5.74) is 2.79. The van der Waals surface area contributed by atoms with Crippen molar-refractivity contribution >= 4 is 5.69 Å². The maximum Gasteiger partial charge on any atom is 0.101 e. The number of benzene rings is 1. The van der Waals surface area contributed by atoms with Gasteiger partial charge in [0.1, 0.15) is 6.07 Å². The van der Waals surface area contributed by atoms with Gasteiger partial charge >= 0.3 is 0 Å². The van der Waals surface area contributed by atoms with Crippen LogP contribution in [-0.2, 0) is 4.74 Å². The minimum atomic E-state index is 0.421. The van der Waals surface area contributed by atoms with Gasteiger partial charge in [0, 0.05) is 13.2 Å². The molecule has 0 aromatic heterocycles. The van der Waals surface area contributed by atoms with Crippen molar-refractivity contribution in [3.63, 3.8) is 0 Å². The minimum Gasteiger partial charge on any atom is -0.384 e. The molecule has 1 saturated heterocycles. The fourth-order valence-corrected chi connectivity index (χ4v) is 2.41. The van der Waals surface area contributed by atoms with Crippen LogP contribution in [0.4, 0.5) is 5.69 Å². The molecule has 2 rings (SSSR count). The van der Waals surface area contributed by atoms with Crippen molar-refractivity contribution in [2.24, 2.45) is 0 Å². The molecule has 0 spiro atoms. The Morgan fingerprint density at radius 1 is 1.40 bits per heavy atom. The highest BCUT2D eigenvalue weighted by atomic mass is 16.5. The van der Waals surface area contributed by atoms with Crippen LogP contribution in [0, 0.1) is 18.3 Å². The SMILES string of the molecule is Cc1ccc(C#N)c(NCCCOC2CCNCC2)c1. The first-order valence-electron chi connectivity index (χ1n) is 7.36. The summed E-state index contributed by atoms with van der Waals surface area (Å²) >= 11 is 0. The predicted octanol–water partition coefficient (Wildman–Crippen LogP) is 2.44. The lowest BCUT2D eigenvalue weighted by Gasteiger charge is -2.23. The molecule has 20 heavy (non-hydrogen) atoms. The summed E-state index contributed by atoms with van der Waals surface area (Å²) in [4.78, 5) is 0. The summed E-state index contributed by atoms with van der Waals surface area (Å²) in [5.74, 6) is 0. The summed E-state index contributed by atoms with van der Waals surface area (Å²) in [6.07, 6.45) is 3.61. The number of nitrogens with zero attached hydrogens (tertiary/aromatic N) is 1. The van der Waals surface area contributed by atoms with Crippen LogP contribution in [0.25, 0.3) is 0 Å². The Bertz CT molecular complexity index is 461. The summed E-state index contributed by atoms with van der Waals surface area (Å²) in [6.45, 7) is 5.79. The molecule has 1 aliphatic rings. The molecule has 0 radical (unpaired) electrons. The monoisotopic (exact) mass is 273 g/mol. The van der Waals surface area contributed by atoms with Crippen molar-refractivity contribution < 1.29 is 4.74 Å². The van der Waals surface area contributed by atoms with E-state index in [1.54, 1.807) is 0 Å². The average Bonchev–Trinajstić information content (AvgIpc) is 2.48. The third-order valence-electron chi connectivity index (χ3n) is 3.57. The number of nitrogens with one attached hydrogen (secondary N) is 2. The average molecular weight is 273 g/mol. The number of hydrogen-bond acceptors (Lipinski definition) is 4. The van der Waals surface area contributed by atoms with Crippen LogP contribution < -0.4 is 10.6 Å². The fourth-order valence-electron chi connectivity index (χ4n) is 2.41. The Hall–Kier alpha value is -1.57. The molecule has 1 heterocycles. The minimum absolute atomic E-state index is 0.421. The summed E-state index contributed by atoms with van der Waals surface area (Å²) in [7, 11) is 0. The van der Waals surface area contributed by atoms with Crippen LogP contribution in [0.2, 0.25) is 0 Å². The number of hydrogen-bond donors (Lipinski definition) is 2. The molecule has 1 fully saturated rings. The van der Waals surface area contributed by atoms with E-state index in [0.29, 0.717) is 11.7 Å². The van der Waals surface area contributed by atoms with Crippen molar-refractivity contribution in [3.8, 4) is 6.07 Å². The van der Waals surface area contributed by atoms with Crippen molar-refractivity contribution in [2.75, 3.05) is 31.6 Å². The Morgan fingerprint density at radius 2 is 2.20 bits per heavy atom. The zero-order chi connectivity index (χ0) is 14.2. The van der Waals surface area contributed by atoms with Crippen molar-refractivity contribution in [3.05, 3.63) is 29.3 Å². The number of piperidine rings is 1. The summed E-state index contributed by atoms with van der Waals surface area (Å²) in [5, 5.41) is 15.7. The number of rotatable bonds is 6. The van der Waals surface area contributed by atoms with Crippen molar-refractivity contribution in [1.29, 1.82) is 5.26 Å². The van der Waals surface area contributed by atoms with Gasteiger partial charge in [0.2, 0.25) is 0 Å². The van der Waals surface area contributed by atoms with Crippen LogP contribution >= 0.6 is 0 Å². The van der Waals surface area contributed by atoms with E-state index in [4.69, 9.17) is 10.00 Å². The molecule has 4 nitrogen and oxygen atoms in total. The molecule has 4 heteroatoms. The standard InChI is InChI=1S/C16H23N3O/c1-13-3-4-14(12-17)16(11-13)19-7-2-10-20-15-5-8-18-9-6-15/h3-4,11,15,18-19H,2,5-10H2,1H3. The van der Waals surface area contributed by atoms with E-state index in [0.717, 1.165) is 56.8 Å². The molecule has 1 aromatic carbocycles. The number of nitriles is 1. The van der Waals surface area contributed by atoms with Gasteiger partial charge in [0.15, 0.2) is 0 Å². The van der Waals surface area contributed by atoms with Gasteiger partial charge in [-0.2, -0.15) is 5.26 Å². The van der Waals surface area contributed by atoms with E-state index < -0.39 is 0 Å². The smallest absolute Gasteiger partial charge is 0.101 e. The first-order chi connectivity index (χ1) is 9.79. The molecule has 108 valence electrons. The normalized spacial score (nSPS) is 15.8. The van der Waals surface area contributed by atoms with Crippen molar-refractivity contribution in [2.45, 2.75) is 32.3 Å². The predicted molar refractivity (Wildman–Crippen MR) is 80.8 cm³/mol. The van der Waals surface area contributed by atoms with E-state index in [-0.39, 0.29) is 0 Å². The van der Waals surface area contributed by atoms with Gasteiger partial charge in [-0.3, -0.25) is 0 Å². The Kier molecular flexibility index (Phi) is 5.85. The largest absolute Gasteiger partial charge is 0.384 e. The highest BCUT2D eigenvalue weighted by Crippen LogP contribution is 2.16. The van der Waals surface area contributed by atoms with E-state index >= 15 is 0 Å². The van der Waals surface area contributed by atoms with E-state index in [1.165, 1.54) is 0 Å². The zero-order valence-corrected chi connectivity index (χ0v) is 12.1. The third-order valence-corrected chi connectivity index (χ3v) is 3.57. The van der Waals surface area contributed by atoms with Gasteiger partial charge in [-0.25, -0.2) is 0 Å². The summed E-state index contributed by atoms with van der Waals surface area (Å²) in [6, 6.07) is 8.06. The number of ether oxygens (including phenoxy) is 1. The highest BCUT2D eigenvalue weighted by Gasteiger charge is 2.12. The molecule has 0 amide bonds. The second kappa shape index (κ2) is 7.88. The molecule has 0 saturated carbocycles. The van der Waals surface area contributed by atoms with Gasteiger partial charge in [-0.1, -0.05) is 6.07 Å². The molecule has 1 aromatic rings. The van der Waals surface area contributed by atoms with Crippen LogP contribution in [0.5, 0.6) is 0 Å². The van der Waals surface area contributed by atoms with Gasteiger partial charge in [-0.05, 0) is 57.0 Å². The second-order valence-corrected chi connectivity index (χ2v) is 5.26. The van der Waals surface area contributed by atoms with Gasteiger partial charge < -0.3 is 15.4 Å². The molecule has 0 bridgehead atoms. The van der Waals surface area contributed by atoms with Gasteiger partial charge in [0.25, 0.3) is 0 Å². The van der Waals surface area contributed by atoms with E-state index in [2.05, 4.69) is 16.7 Å². The number of anilines is 1. The molecule has 0 unspecified atom stereocenters. The maximum absolute atomic E-state index is 9.06. The molecule has 0 aliphatic carbocycles. The lowest BCUT2D eigenvalue weighted by atomic mass is 10.1. The zero-order valence-electron chi connectivity index (χ0n) is 12.1. The summed E-state index contributed by atoms with van der Waals surface area (Å²) < 4.78 is 5.86. The maximum atomic E-state index is 9.06. The highest BCUT2D eigenvalue weighted by molar-refractivity contribution is 5.58. The molecule has 1 aliphatic heterocycles. The van der Waals surface area contributed by atoms with E-state index in [9.17, 15) is 0 Å². The Morgan fingerprint density at radius 3 is 2.95 bits per heavy atom. The lowest BCUT2D eigenvalue weighted by molar-refractivity contribution is 0.0329. The van der Waals surface area contributed by atoms with Crippen LogP contribution in [0.15, 0.2) is 18.2 Å². The molecular formula is C16H23N3O. The molecule has 2 N–H and O–H groups in total. The van der Waals surface area contributed by atoms with Crippen molar-refractivity contribution in [1.82, 2.24) is 5.32 Å². The molecular weight excluding hydrogens is 250 g/mol. The second-order valence-electron chi connectivity index (χ2n) is 5.26. The van der Waals surface area contributed by atoms with Crippen LogP contribution in [-0.4, -0.2) is 32.3 Å². The fraction of sp³-hybridized carbons (Fsp3) is 0.562. The van der Waals surface area contributed by atoms with Crippen LogP contribution in [0.1, 0.15) is 30.4 Å². The number of aryl methyl sites for hydroxylation is 1.